The van der Waals surface area contributed by atoms with Crippen LogP contribution in [0.15, 0.2) is 29.1 Å². The van der Waals surface area contributed by atoms with Crippen molar-refractivity contribution in [2.24, 2.45) is 7.05 Å². The Labute approximate surface area is 282 Å². The van der Waals surface area contributed by atoms with E-state index >= 15 is 0 Å². The second-order valence-electron chi connectivity index (χ2n) is 11.6. The van der Waals surface area contributed by atoms with Gasteiger partial charge in [-0.1, -0.05) is 36.2 Å². The van der Waals surface area contributed by atoms with Crippen LogP contribution in [0.1, 0.15) is 37.4 Å². The molecule has 3 aromatic heterocycles. The molecule has 256 valence electrons. The van der Waals surface area contributed by atoms with Gasteiger partial charge in [-0.3, -0.25) is 14.3 Å². The summed E-state index contributed by atoms with van der Waals surface area (Å²) >= 11 is 12.6. The molecule has 1 amide bonds. The summed E-state index contributed by atoms with van der Waals surface area (Å²) in [5.74, 6) is -0.333. The van der Waals surface area contributed by atoms with Gasteiger partial charge in [-0.25, -0.2) is 0 Å². The molecule has 48 heavy (non-hydrogen) atoms. The first-order valence-electron chi connectivity index (χ1n) is 15.2. The van der Waals surface area contributed by atoms with Crippen LogP contribution in [0.2, 0.25) is 10.2 Å². The molecular formula is C30H32Cl2F3N9O4. The molecule has 1 aromatic carbocycles. The molecule has 0 radical (unpaired) electrons. The predicted molar refractivity (Wildman–Crippen MR) is 174 cm³/mol. The van der Waals surface area contributed by atoms with Gasteiger partial charge in [-0.15, -0.1) is 10.2 Å². The summed E-state index contributed by atoms with van der Waals surface area (Å²) in [6, 6.07) is 2.45. The fourth-order valence-electron chi connectivity index (χ4n) is 6.14. The Bertz CT molecular complexity index is 1990. The Kier molecular flexibility index (Phi) is 9.08. The standard InChI is InChI=1S/C30H32Cl2F3N9O4/c1-4-21-23(41-9-10-42(16(2)14-41)24-25(32)40(3)39-27(24)46)28(47)44-29(37-26(38-44)17-7-11-48-12-8-17)43(21)15-22(45)36-20-6-5-18(13-19(20)31)30(33,34)35/h5-7,13,16H,4,8-12,14-15H2,1-3H3,(H,36,45)(H,39,46)/t16-/m1/s1. The van der Waals surface area contributed by atoms with Crippen molar-refractivity contribution in [2.45, 2.75) is 45.5 Å². The SMILES string of the molecule is CCc1c(N2CCN(c3c(O)nn(C)c3Cl)[C@H](C)C2)c(=O)n2nc(C3=CCOCC3)nc2n1CC(=O)Nc1ccc(C(F)(F)F)cc1Cl. The lowest BCUT2D eigenvalue weighted by Crippen LogP contribution is -2.54. The third-order valence-electron chi connectivity index (χ3n) is 8.45. The third-order valence-corrected chi connectivity index (χ3v) is 9.19. The van der Waals surface area contributed by atoms with Crippen LogP contribution in [0.5, 0.6) is 5.88 Å². The van der Waals surface area contributed by atoms with Crippen molar-refractivity contribution < 1.29 is 27.8 Å². The number of piperazine rings is 1. The molecule has 0 spiro atoms. The van der Waals surface area contributed by atoms with Gasteiger partial charge in [0, 0.05) is 32.7 Å². The average Bonchev–Trinajstić information content (AvgIpc) is 3.60. The quantitative estimate of drug-likeness (QED) is 0.287. The summed E-state index contributed by atoms with van der Waals surface area (Å²) in [5.41, 5.74) is 0.686. The number of carbonyl (C=O) groups is 1. The molecule has 2 aliphatic heterocycles. The summed E-state index contributed by atoms with van der Waals surface area (Å²) in [7, 11) is 1.63. The molecule has 13 nitrogen and oxygen atoms in total. The monoisotopic (exact) mass is 709 g/mol. The van der Waals surface area contributed by atoms with Crippen LogP contribution in [0.3, 0.4) is 0 Å². The van der Waals surface area contributed by atoms with E-state index in [2.05, 4.69) is 20.5 Å². The Morgan fingerprint density at radius 1 is 1.19 bits per heavy atom. The average molecular weight is 711 g/mol. The van der Waals surface area contributed by atoms with Gasteiger partial charge in [0.15, 0.2) is 11.0 Å². The molecule has 0 aliphatic carbocycles. The number of carbonyl (C=O) groups excluding carboxylic acids is 1. The van der Waals surface area contributed by atoms with Gasteiger partial charge in [-0.2, -0.15) is 22.7 Å². The van der Waals surface area contributed by atoms with Crippen LogP contribution >= 0.6 is 23.2 Å². The van der Waals surface area contributed by atoms with E-state index in [4.69, 9.17) is 27.9 Å². The molecule has 4 aromatic rings. The maximum atomic E-state index is 14.2. The number of fused-ring (bicyclic) bond motifs is 1. The van der Waals surface area contributed by atoms with Crippen LogP contribution in [0.25, 0.3) is 11.4 Å². The van der Waals surface area contributed by atoms with Gasteiger partial charge < -0.3 is 29.5 Å². The number of rotatable bonds is 7. The molecule has 1 fully saturated rings. The Hall–Kier alpha value is -4.28. The minimum absolute atomic E-state index is 0.00165. The third kappa shape index (κ3) is 6.19. The number of nitrogens with one attached hydrogen (secondary N) is 1. The number of anilines is 3. The number of halogens is 5. The van der Waals surface area contributed by atoms with Crippen molar-refractivity contribution >= 4 is 57.5 Å². The van der Waals surface area contributed by atoms with Crippen molar-refractivity contribution in [3.05, 3.63) is 61.9 Å². The van der Waals surface area contributed by atoms with Crippen molar-refractivity contribution in [2.75, 3.05) is 48.0 Å². The van der Waals surface area contributed by atoms with E-state index in [0.29, 0.717) is 68.6 Å². The second-order valence-corrected chi connectivity index (χ2v) is 12.3. The fourth-order valence-corrected chi connectivity index (χ4v) is 6.60. The number of hydrogen-bond donors (Lipinski definition) is 2. The summed E-state index contributed by atoms with van der Waals surface area (Å²) < 4.78 is 49.1. The van der Waals surface area contributed by atoms with E-state index in [1.165, 1.54) is 9.20 Å². The smallest absolute Gasteiger partial charge is 0.416 e. The van der Waals surface area contributed by atoms with Crippen LogP contribution in [0.4, 0.5) is 30.2 Å². The maximum absolute atomic E-state index is 14.2. The second kappa shape index (κ2) is 13.0. The summed E-state index contributed by atoms with van der Waals surface area (Å²) in [6.45, 7) is 5.39. The fraction of sp³-hybridized carbons (Fsp3) is 0.433. The number of ether oxygens (including phenoxy) is 1. The zero-order valence-electron chi connectivity index (χ0n) is 26.2. The molecule has 0 bridgehead atoms. The normalized spacial score (nSPS) is 17.2. The molecule has 2 aliphatic rings. The lowest BCUT2D eigenvalue weighted by atomic mass is 10.1. The summed E-state index contributed by atoms with van der Waals surface area (Å²) in [5, 5.41) is 21.6. The first kappa shape index (κ1) is 33.6. The highest BCUT2D eigenvalue weighted by Gasteiger charge is 2.34. The van der Waals surface area contributed by atoms with E-state index in [1.54, 1.807) is 11.6 Å². The number of aryl methyl sites for hydroxylation is 1. The number of aromatic hydroxyl groups is 1. The van der Waals surface area contributed by atoms with Gasteiger partial charge in [0.25, 0.3) is 11.4 Å². The number of hydrogen-bond acceptors (Lipinski definition) is 9. The minimum Gasteiger partial charge on any atom is -0.491 e. The highest BCUT2D eigenvalue weighted by molar-refractivity contribution is 6.33. The zero-order chi connectivity index (χ0) is 34.5. The van der Waals surface area contributed by atoms with Crippen LogP contribution in [0, 0.1) is 0 Å². The molecule has 5 heterocycles. The highest BCUT2D eigenvalue weighted by atomic mass is 35.5. The minimum atomic E-state index is -4.60. The van der Waals surface area contributed by atoms with Crippen LogP contribution in [-0.4, -0.2) is 78.8 Å². The molecule has 0 unspecified atom stereocenters. The molecule has 0 saturated carbocycles. The molecule has 1 atom stereocenters. The van der Waals surface area contributed by atoms with E-state index in [9.17, 15) is 27.9 Å². The molecule has 2 N–H and O–H groups in total. The van der Waals surface area contributed by atoms with Crippen molar-refractivity contribution in [3.63, 3.8) is 0 Å². The summed E-state index contributed by atoms with van der Waals surface area (Å²) in [6.07, 6.45) is -1.89. The maximum Gasteiger partial charge on any atom is 0.416 e. The number of benzene rings is 1. The highest BCUT2D eigenvalue weighted by Crippen LogP contribution is 2.37. The van der Waals surface area contributed by atoms with Gasteiger partial charge in [0.2, 0.25) is 11.7 Å². The lowest BCUT2D eigenvalue weighted by Gasteiger charge is -2.42. The first-order chi connectivity index (χ1) is 22.8. The lowest BCUT2D eigenvalue weighted by molar-refractivity contribution is -0.137. The van der Waals surface area contributed by atoms with Crippen molar-refractivity contribution in [3.8, 4) is 5.88 Å². The first-order valence-corrected chi connectivity index (χ1v) is 15.9. The molecule has 18 heteroatoms. The van der Waals surface area contributed by atoms with Gasteiger partial charge >= 0.3 is 6.18 Å². The Balaban J connectivity index is 1.39. The van der Waals surface area contributed by atoms with Crippen LogP contribution < -0.4 is 20.7 Å². The Morgan fingerprint density at radius 3 is 2.56 bits per heavy atom. The largest absolute Gasteiger partial charge is 0.491 e. The topological polar surface area (TPSA) is 135 Å². The van der Waals surface area contributed by atoms with E-state index in [-0.39, 0.29) is 40.1 Å². The van der Waals surface area contributed by atoms with Gasteiger partial charge in [-0.05, 0) is 43.5 Å². The summed E-state index contributed by atoms with van der Waals surface area (Å²) in [4.78, 5) is 36.2. The van der Waals surface area contributed by atoms with Gasteiger partial charge in [0.1, 0.15) is 17.9 Å². The van der Waals surface area contributed by atoms with Crippen molar-refractivity contribution in [1.29, 1.82) is 0 Å². The number of aromatic nitrogens is 6. The van der Waals surface area contributed by atoms with E-state index in [0.717, 1.165) is 23.8 Å². The molecule has 1 saturated heterocycles. The van der Waals surface area contributed by atoms with Crippen LogP contribution in [-0.2, 0) is 35.7 Å². The van der Waals surface area contributed by atoms with E-state index < -0.39 is 23.2 Å². The van der Waals surface area contributed by atoms with E-state index in [1.807, 2.05) is 29.7 Å². The number of alkyl halides is 3. The number of amides is 1. The Morgan fingerprint density at radius 2 is 1.96 bits per heavy atom. The van der Waals surface area contributed by atoms with Gasteiger partial charge in [0.05, 0.1) is 35.2 Å². The molecule has 6 rings (SSSR count). The number of nitrogens with zero attached hydrogens (tertiary/aromatic N) is 8. The van der Waals surface area contributed by atoms with Crippen molar-refractivity contribution in [1.82, 2.24) is 28.9 Å². The predicted octanol–water partition coefficient (Wildman–Crippen LogP) is 4.38. The zero-order valence-corrected chi connectivity index (χ0v) is 27.7. The molecular weight excluding hydrogens is 678 g/mol.